The summed E-state index contributed by atoms with van der Waals surface area (Å²) < 4.78 is 12.7. The van der Waals surface area contributed by atoms with E-state index >= 15 is 0 Å². The minimum atomic E-state index is -0.363. The molecule has 0 heterocycles. The number of rotatable bonds is 2. The molecule has 3 N–H and O–H groups in total. The Kier molecular flexibility index (Phi) is 2.66. The van der Waals surface area contributed by atoms with E-state index in [1.54, 1.807) is 6.07 Å². The van der Waals surface area contributed by atoms with Crippen LogP contribution in [-0.2, 0) is 0 Å². The van der Waals surface area contributed by atoms with Gasteiger partial charge in [-0.25, -0.2) is 4.39 Å². The van der Waals surface area contributed by atoms with Gasteiger partial charge in [0.25, 0.3) is 0 Å². The van der Waals surface area contributed by atoms with Gasteiger partial charge in [-0.15, -0.1) is 0 Å². The van der Waals surface area contributed by atoms with E-state index in [9.17, 15) is 4.39 Å². The summed E-state index contributed by atoms with van der Waals surface area (Å²) >= 11 is 0. The average Bonchev–Trinajstić information content (AvgIpc) is 2.03. The Bertz CT molecular complexity index is 332. The van der Waals surface area contributed by atoms with Crippen LogP contribution in [-0.4, -0.2) is 5.71 Å². The highest BCUT2D eigenvalue weighted by atomic mass is 19.1. The third-order valence-electron chi connectivity index (χ3n) is 1.88. The summed E-state index contributed by atoms with van der Waals surface area (Å²) in [6.07, 6.45) is 0. The number of benzene rings is 1. The number of nitrogen functional groups attached to an aromatic ring is 1. The molecule has 0 spiro atoms. The Hall–Kier alpha value is -1.38. The number of hydrogen-bond donors (Lipinski definition) is 2. The maximum atomic E-state index is 12.7. The maximum absolute atomic E-state index is 12.7. The number of halogens is 1. The maximum Gasteiger partial charge on any atom is 0.125 e. The van der Waals surface area contributed by atoms with Crippen LogP contribution in [0.3, 0.4) is 0 Å². The van der Waals surface area contributed by atoms with Crippen LogP contribution in [0.2, 0.25) is 0 Å². The fraction of sp³-hybridized carbons (Fsp3) is 0.300. The SMILES string of the molecule is CC(C)C(=N)c1ccc(F)cc1N. The van der Waals surface area contributed by atoms with Crippen LogP contribution < -0.4 is 5.73 Å². The van der Waals surface area contributed by atoms with Crippen molar-refractivity contribution in [1.82, 2.24) is 0 Å². The van der Waals surface area contributed by atoms with Gasteiger partial charge in [0.2, 0.25) is 0 Å². The molecule has 0 atom stereocenters. The lowest BCUT2D eigenvalue weighted by molar-refractivity contribution is 0.628. The summed E-state index contributed by atoms with van der Waals surface area (Å²) in [6.45, 7) is 3.82. The molecule has 0 radical (unpaired) electrons. The lowest BCUT2D eigenvalue weighted by Gasteiger charge is -2.09. The Morgan fingerprint density at radius 3 is 2.54 bits per heavy atom. The minimum absolute atomic E-state index is 0.104. The monoisotopic (exact) mass is 180 g/mol. The normalized spacial score (nSPS) is 10.5. The van der Waals surface area contributed by atoms with Crippen molar-refractivity contribution in [1.29, 1.82) is 5.41 Å². The van der Waals surface area contributed by atoms with Gasteiger partial charge in [-0.3, -0.25) is 0 Å². The zero-order chi connectivity index (χ0) is 10.0. The highest BCUT2D eigenvalue weighted by Gasteiger charge is 2.09. The predicted octanol–water partition coefficient (Wildman–Crippen LogP) is 2.43. The lowest BCUT2D eigenvalue weighted by atomic mass is 9.99. The van der Waals surface area contributed by atoms with Gasteiger partial charge >= 0.3 is 0 Å². The van der Waals surface area contributed by atoms with Crippen molar-refractivity contribution in [2.75, 3.05) is 5.73 Å². The lowest BCUT2D eigenvalue weighted by Crippen LogP contribution is -2.10. The third kappa shape index (κ3) is 2.05. The van der Waals surface area contributed by atoms with Gasteiger partial charge in [-0.2, -0.15) is 0 Å². The standard InChI is InChI=1S/C10H13FN2/c1-6(2)10(13)8-4-3-7(11)5-9(8)12/h3-6,13H,12H2,1-2H3. The van der Waals surface area contributed by atoms with Gasteiger partial charge in [0.15, 0.2) is 0 Å². The second kappa shape index (κ2) is 3.56. The molecule has 0 fully saturated rings. The molecule has 13 heavy (non-hydrogen) atoms. The van der Waals surface area contributed by atoms with Crippen LogP contribution in [0, 0.1) is 17.1 Å². The fourth-order valence-corrected chi connectivity index (χ4v) is 1.09. The van der Waals surface area contributed by atoms with Crippen LogP contribution in [0.25, 0.3) is 0 Å². The van der Waals surface area contributed by atoms with Gasteiger partial charge in [0, 0.05) is 17.0 Å². The van der Waals surface area contributed by atoms with Crippen LogP contribution in [0.4, 0.5) is 10.1 Å². The average molecular weight is 180 g/mol. The zero-order valence-corrected chi connectivity index (χ0v) is 7.76. The van der Waals surface area contributed by atoms with Crippen LogP contribution in [0.15, 0.2) is 18.2 Å². The minimum Gasteiger partial charge on any atom is -0.398 e. The molecule has 70 valence electrons. The Morgan fingerprint density at radius 2 is 2.08 bits per heavy atom. The van der Waals surface area contributed by atoms with E-state index in [0.29, 0.717) is 17.0 Å². The molecule has 0 unspecified atom stereocenters. The molecular weight excluding hydrogens is 167 g/mol. The topological polar surface area (TPSA) is 49.9 Å². The van der Waals surface area contributed by atoms with Crippen molar-refractivity contribution in [3.05, 3.63) is 29.6 Å². The van der Waals surface area contributed by atoms with Gasteiger partial charge in [0.05, 0.1) is 0 Å². The van der Waals surface area contributed by atoms with Crippen molar-refractivity contribution >= 4 is 11.4 Å². The highest BCUT2D eigenvalue weighted by molar-refractivity contribution is 6.03. The molecule has 0 saturated heterocycles. The summed E-state index contributed by atoms with van der Waals surface area (Å²) in [5.41, 5.74) is 6.98. The molecule has 1 aromatic rings. The smallest absolute Gasteiger partial charge is 0.125 e. The largest absolute Gasteiger partial charge is 0.398 e. The number of anilines is 1. The van der Waals surface area contributed by atoms with Gasteiger partial charge in [-0.05, 0) is 24.1 Å². The van der Waals surface area contributed by atoms with Gasteiger partial charge < -0.3 is 11.1 Å². The van der Waals surface area contributed by atoms with Crippen molar-refractivity contribution in [2.45, 2.75) is 13.8 Å². The molecule has 0 aromatic heterocycles. The zero-order valence-electron chi connectivity index (χ0n) is 7.76. The van der Waals surface area contributed by atoms with E-state index in [1.807, 2.05) is 13.8 Å². The summed E-state index contributed by atoms with van der Waals surface area (Å²) in [4.78, 5) is 0. The summed E-state index contributed by atoms with van der Waals surface area (Å²) in [6, 6.07) is 4.11. The first-order chi connectivity index (χ1) is 6.02. The first-order valence-electron chi connectivity index (χ1n) is 4.16. The first kappa shape index (κ1) is 9.71. The fourth-order valence-electron chi connectivity index (χ4n) is 1.09. The van der Waals surface area contributed by atoms with E-state index in [2.05, 4.69) is 0 Å². The molecule has 0 aliphatic carbocycles. The highest BCUT2D eigenvalue weighted by Crippen LogP contribution is 2.17. The molecule has 0 aliphatic rings. The van der Waals surface area contributed by atoms with Crippen LogP contribution in [0.5, 0.6) is 0 Å². The van der Waals surface area contributed by atoms with Crippen LogP contribution in [0.1, 0.15) is 19.4 Å². The predicted molar refractivity (Wildman–Crippen MR) is 52.5 cm³/mol. The second-order valence-corrected chi connectivity index (χ2v) is 3.30. The first-order valence-corrected chi connectivity index (χ1v) is 4.16. The van der Waals surface area contributed by atoms with E-state index in [4.69, 9.17) is 11.1 Å². The molecule has 1 rings (SSSR count). The molecule has 3 heteroatoms. The summed E-state index contributed by atoms with van der Waals surface area (Å²) in [7, 11) is 0. The third-order valence-corrected chi connectivity index (χ3v) is 1.88. The van der Waals surface area contributed by atoms with Gasteiger partial charge in [-0.1, -0.05) is 13.8 Å². The number of hydrogen-bond acceptors (Lipinski definition) is 2. The Morgan fingerprint density at radius 1 is 1.46 bits per heavy atom. The quantitative estimate of drug-likeness (QED) is 0.533. The summed E-state index contributed by atoms with van der Waals surface area (Å²) in [5, 5.41) is 7.69. The molecule has 0 aliphatic heterocycles. The number of nitrogens with two attached hydrogens (primary N) is 1. The molecule has 0 bridgehead atoms. The summed E-state index contributed by atoms with van der Waals surface area (Å²) in [5.74, 6) is -0.259. The van der Waals surface area contributed by atoms with E-state index in [0.717, 1.165) is 0 Å². The molecular formula is C10H13FN2. The van der Waals surface area contributed by atoms with Crippen molar-refractivity contribution < 1.29 is 4.39 Å². The van der Waals surface area contributed by atoms with Crippen molar-refractivity contribution in [3.8, 4) is 0 Å². The van der Waals surface area contributed by atoms with Crippen LogP contribution >= 0.6 is 0 Å². The molecule has 0 amide bonds. The van der Waals surface area contributed by atoms with Crippen molar-refractivity contribution in [3.63, 3.8) is 0 Å². The number of nitrogens with one attached hydrogen (secondary N) is 1. The Labute approximate surface area is 77.1 Å². The molecule has 2 nitrogen and oxygen atoms in total. The Balaban J connectivity index is 3.09. The van der Waals surface area contributed by atoms with E-state index in [-0.39, 0.29) is 11.7 Å². The molecule has 1 aromatic carbocycles. The van der Waals surface area contributed by atoms with E-state index < -0.39 is 0 Å². The van der Waals surface area contributed by atoms with E-state index in [1.165, 1.54) is 12.1 Å². The second-order valence-electron chi connectivity index (χ2n) is 3.30. The van der Waals surface area contributed by atoms with Crippen molar-refractivity contribution in [2.24, 2.45) is 5.92 Å². The molecule has 0 saturated carbocycles. The van der Waals surface area contributed by atoms with Gasteiger partial charge in [0.1, 0.15) is 5.82 Å².